The van der Waals surface area contributed by atoms with E-state index in [1.165, 1.54) is 0 Å². The number of anilines is 1. The minimum atomic E-state index is -0.522. The molecule has 0 aliphatic carbocycles. The summed E-state index contributed by atoms with van der Waals surface area (Å²) in [5, 5.41) is 6.76. The van der Waals surface area contributed by atoms with E-state index in [1.807, 2.05) is 38.9 Å². The average Bonchev–Trinajstić information content (AvgIpc) is 3.40. The first kappa shape index (κ1) is 25.1. The normalized spacial score (nSPS) is 19.5. The number of nitrogens with one attached hydrogen (secondary N) is 2. The Balaban J connectivity index is 1.28. The number of piperidine rings is 1. The van der Waals surface area contributed by atoms with Crippen LogP contribution in [-0.2, 0) is 4.74 Å². The van der Waals surface area contributed by atoms with Crippen molar-refractivity contribution in [2.75, 3.05) is 31.5 Å². The third-order valence-electron chi connectivity index (χ3n) is 6.52. The summed E-state index contributed by atoms with van der Waals surface area (Å²) in [5.74, 6) is 0. The first-order chi connectivity index (χ1) is 16.5. The molecule has 0 spiro atoms. The molecule has 2 N–H and O–H groups in total. The molecule has 2 saturated heterocycles. The van der Waals surface area contributed by atoms with Gasteiger partial charge in [-0.25, -0.2) is 19.6 Å². The number of amides is 3. The average molecular weight is 486 g/mol. The maximum atomic E-state index is 12.8. The molecule has 0 radical (unpaired) electrons. The number of fused-ring (bicyclic) bond motifs is 1. The number of hydrogen-bond donors (Lipinski definition) is 2. The molecule has 4 heterocycles. The summed E-state index contributed by atoms with van der Waals surface area (Å²) >= 11 is 0. The molecule has 2 aromatic heterocycles. The van der Waals surface area contributed by atoms with Gasteiger partial charge in [0.1, 0.15) is 11.1 Å². The Morgan fingerprint density at radius 2 is 1.74 bits per heavy atom. The van der Waals surface area contributed by atoms with E-state index in [2.05, 4.69) is 40.1 Å². The van der Waals surface area contributed by atoms with E-state index in [0.29, 0.717) is 32.2 Å². The molecule has 2 aromatic rings. The molecule has 4 rings (SSSR count). The van der Waals surface area contributed by atoms with Gasteiger partial charge in [0.15, 0.2) is 5.65 Å². The van der Waals surface area contributed by atoms with Crippen molar-refractivity contribution in [3.8, 4) is 0 Å². The fourth-order valence-corrected chi connectivity index (χ4v) is 4.70. The van der Waals surface area contributed by atoms with Gasteiger partial charge in [-0.3, -0.25) is 0 Å². The number of ether oxygens (including phenoxy) is 1. The fraction of sp³-hybridized carbons (Fsp3) is 0.680. The number of imidazole rings is 1. The maximum Gasteiger partial charge on any atom is 0.410 e. The van der Waals surface area contributed by atoms with Crippen LogP contribution in [0.1, 0.15) is 65.6 Å². The summed E-state index contributed by atoms with van der Waals surface area (Å²) in [6.07, 6.45) is 3.99. The summed E-state index contributed by atoms with van der Waals surface area (Å²) in [5.41, 5.74) is 3.22. The quantitative estimate of drug-likeness (QED) is 0.680. The van der Waals surface area contributed by atoms with Crippen LogP contribution in [0.25, 0.3) is 11.2 Å². The minimum Gasteiger partial charge on any atom is -0.444 e. The van der Waals surface area contributed by atoms with Crippen LogP contribution in [0.2, 0.25) is 0 Å². The zero-order valence-corrected chi connectivity index (χ0v) is 21.8. The summed E-state index contributed by atoms with van der Waals surface area (Å²) < 4.78 is 7.54. The van der Waals surface area contributed by atoms with Crippen LogP contribution in [0.5, 0.6) is 0 Å². The number of urea groups is 1. The SMILES string of the molecule is Cc1cc(NC2CCN(C(=O)N[C@H]3CCN(C(=O)OC(C)(C)C)C3)CC2)c2ncn(C(C)C)c2n1. The summed E-state index contributed by atoms with van der Waals surface area (Å²) in [6, 6.07) is 2.50. The van der Waals surface area contributed by atoms with Crippen LogP contribution >= 0.6 is 0 Å². The number of carbonyl (C=O) groups excluding carboxylic acids is 2. The number of aryl methyl sites for hydroxylation is 1. The molecule has 0 bridgehead atoms. The van der Waals surface area contributed by atoms with Crippen molar-refractivity contribution in [2.24, 2.45) is 0 Å². The number of aromatic nitrogens is 3. The number of hydrogen-bond acceptors (Lipinski definition) is 6. The molecule has 0 saturated carbocycles. The molecule has 192 valence electrons. The van der Waals surface area contributed by atoms with Gasteiger partial charge in [0.2, 0.25) is 0 Å². The smallest absolute Gasteiger partial charge is 0.410 e. The van der Waals surface area contributed by atoms with E-state index < -0.39 is 5.60 Å². The van der Waals surface area contributed by atoms with Crippen molar-refractivity contribution in [3.63, 3.8) is 0 Å². The zero-order valence-electron chi connectivity index (χ0n) is 21.8. The second-order valence-corrected chi connectivity index (χ2v) is 11.0. The van der Waals surface area contributed by atoms with Crippen LogP contribution < -0.4 is 10.6 Å². The number of carbonyl (C=O) groups is 2. The predicted octanol–water partition coefficient (Wildman–Crippen LogP) is 3.92. The lowest BCUT2D eigenvalue weighted by molar-refractivity contribution is 0.0290. The molecule has 0 unspecified atom stereocenters. The van der Waals surface area contributed by atoms with Gasteiger partial charge in [-0.15, -0.1) is 0 Å². The van der Waals surface area contributed by atoms with Gasteiger partial charge in [-0.2, -0.15) is 0 Å². The second kappa shape index (κ2) is 9.91. The van der Waals surface area contributed by atoms with E-state index in [-0.39, 0.29) is 24.2 Å². The Morgan fingerprint density at radius 1 is 1.09 bits per heavy atom. The lowest BCUT2D eigenvalue weighted by Gasteiger charge is -2.33. The number of rotatable bonds is 4. The molecule has 1 atom stereocenters. The van der Waals surface area contributed by atoms with Gasteiger partial charge < -0.3 is 29.7 Å². The second-order valence-electron chi connectivity index (χ2n) is 11.0. The Morgan fingerprint density at radius 3 is 2.40 bits per heavy atom. The Labute approximate surface area is 207 Å². The molecule has 2 aliphatic heterocycles. The summed E-state index contributed by atoms with van der Waals surface area (Å²) in [6.45, 7) is 14.3. The summed E-state index contributed by atoms with van der Waals surface area (Å²) in [4.78, 5) is 38.0. The lowest BCUT2D eigenvalue weighted by atomic mass is 10.0. The molecule has 10 nitrogen and oxygen atoms in total. The molecule has 2 fully saturated rings. The molecule has 35 heavy (non-hydrogen) atoms. The van der Waals surface area contributed by atoms with Crippen LogP contribution in [0.3, 0.4) is 0 Å². The van der Waals surface area contributed by atoms with E-state index in [1.54, 1.807) is 4.90 Å². The maximum absolute atomic E-state index is 12.8. The highest BCUT2D eigenvalue weighted by atomic mass is 16.6. The van der Waals surface area contributed by atoms with Crippen molar-refractivity contribution in [3.05, 3.63) is 18.1 Å². The van der Waals surface area contributed by atoms with Gasteiger partial charge in [0.05, 0.1) is 12.0 Å². The Hall–Kier alpha value is -3.04. The number of likely N-dealkylation sites (tertiary alicyclic amines) is 2. The van der Waals surface area contributed by atoms with E-state index in [0.717, 1.165) is 41.8 Å². The van der Waals surface area contributed by atoms with Crippen LogP contribution in [0.15, 0.2) is 12.4 Å². The van der Waals surface area contributed by atoms with Gasteiger partial charge in [-0.1, -0.05) is 0 Å². The van der Waals surface area contributed by atoms with Crippen molar-refractivity contribution in [2.45, 2.75) is 84.5 Å². The molecule has 10 heteroatoms. The third kappa shape index (κ3) is 5.97. The van der Waals surface area contributed by atoms with E-state index in [4.69, 9.17) is 9.72 Å². The largest absolute Gasteiger partial charge is 0.444 e. The first-order valence-electron chi connectivity index (χ1n) is 12.6. The lowest BCUT2D eigenvalue weighted by Crippen LogP contribution is -2.50. The van der Waals surface area contributed by atoms with Gasteiger partial charge >= 0.3 is 12.1 Å². The number of nitrogens with zero attached hydrogens (tertiary/aromatic N) is 5. The standard InChI is InChI=1S/C25H39N7O3/c1-16(2)32-15-26-21-20(13-17(3)27-22(21)32)28-18-7-10-30(11-8-18)23(33)29-19-9-12-31(14-19)24(34)35-25(4,5)6/h13,15-16,18-19H,7-12,14H2,1-6H3,(H,27,28)(H,29,33)/t19-/m0/s1. The molecule has 2 aliphatic rings. The highest BCUT2D eigenvalue weighted by molar-refractivity contribution is 5.86. The summed E-state index contributed by atoms with van der Waals surface area (Å²) in [7, 11) is 0. The van der Waals surface area contributed by atoms with Crippen LogP contribution in [0.4, 0.5) is 15.3 Å². The highest BCUT2D eigenvalue weighted by Crippen LogP contribution is 2.26. The third-order valence-corrected chi connectivity index (χ3v) is 6.52. The van der Waals surface area contributed by atoms with Gasteiger partial charge in [0.25, 0.3) is 0 Å². The van der Waals surface area contributed by atoms with Crippen molar-refractivity contribution in [1.29, 1.82) is 0 Å². The molecular formula is C25H39N7O3. The molecule has 3 amide bonds. The first-order valence-corrected chi connectivity index (χ1v) is 12.6. The van der Waals surface area contributed by atoms with Crippen molar-refractivity contribution in [1.82, 2.24) is 29.7 Å². The predicted molar refractivity (Wildman–Crippen MR) is 136 cm³/mol. The monoisotopic (exact) mass is 485 g/mol. The van der Waals surface area contributed by atoms with Gasteiger partial charge in [0, 0.05) is 50.0 Å². The minimum absolute atomic E-state index is 0.0463. The number of pyridine rings is 1. The van der Waals surface area contributed by atoms with E-state index >= 15 is 0 Å². The van der Waals surface area contributed by atoms with E-state index in [9.17, 15) is 9.59 Å². The van der Waals surface area contributed by atoms with Gasteiger partial charge in [-0.05, 0) is 66.9 Å². The Bertz CT molecular complexity index is 1070. The van der Waals surface area contributed by atoms with Crippen LogP contribution in [-0.4, -0.2) is 80.3 Å². The van der Waals surface area contributed by atoms with Crippen molar-refractivity contribution >= 4 is 29.0 Å². The topological polar surface area (TPSA) is 105 Å². The van der Waals surface area contributed by atoms with Crippen molar-refractivity contribution < 1.29 is 14.3 Å². The Kier molecular flexibility index (Phi) is 7.10. The highest BCUT2D eigenvalue weighted by Gasteiger charge is 2.32. The zero-order chi connectivity index (χ0) is 25.3. The van der Waals surface area contributed by atoms with Crippen LogP contribution in [0, 0.1) is 6.92 Å². The fourth-order valence-electron chi connectivity index (χ4n) is 4.70. The molecule has 0 aromatic carbocycles. The molecular weight excluding hydrogens is 446 g/mol.